The van der Waals surface area contributed by atoms with Gasteiger partial charge >= 0.3 is 0 Å². The third-order valence-electron chi connectivity index (χ3n) is 3.78. The first-order valence-electron chi connectivity index (χ1n) is 7.75. The summed E-state index contributed by atoms with van der Waals surface area (Å²) in [7, 11) is 0. The van der Waals surface area contributed by atoms with Gasteiger partial charge in [0.05, 0.1) is 6.61 Å². The van der Waals surface area contributed by atoms with E-state index in [1.165, 1.54) is 38.5 Å². The Bertz CT molecular complexity index is 456. The highest BCUT2D eigenvalue weighted by molar-refractivity contribution is 5.69. The molecule has 1 heterocycles. The molecular formula is C17H25NO2. The van der Waals surface area contributed by atoms with Crippen molar-refractivity contribution < 1.29 is 9.52 Å². The summed E-state index contributed by atoms with van der Waals surface area (Å²) in [6.45, 7) is 1.75. The third kappa shape index (κ3) is 4.34. The maximum Gasteiger partial charge on any atom is 0.226 e. The molecule has 20 heavy (non-hydrogen) atoms. The van der Waals surface area contributed by atoms with Crippen molar-refractivity contribution in [2.75, 3.05) is 0 Å². The molecule has 1 aromatic rings. The Balaban J connectivity index is 0.000000205. The molecule has 0 aromatic carbocycles. The van der Waals surface area contributed by atoms with Crippen molar-refractivity contribution in [1.29, 1.82) is 0 Å². The molecule has 0 bridgehead atoms. The van der Waals surface area contributed by atoms with Crippen LogP contribution < -0.4 is 0 Å². The Kier molecular flexibility index (Phi) is 6.06. The van der Waals surface area contributed by atoms with Crippen LogP contribution in [0.2, 0.25) is 0 Å². The van der Waals surface area contributed by atoms with Crippen molar-refractivity contribution in [2.24, 2.45) is 0 Å². The lowest BCUT2D eigenvalue weighted by Gasteiger charge is -2.05. The maximum atomic E-state index is 8.97. The van der Waals surface area contributed by atoms with Crippen LogP contribution in [0.25, 0.3) is 5.57 Å². The number of rotatable bonds is 2. The van der Waals surface area contributed by atoms with Crippen molar-refractivity contribution in [3.8, 4) is 0 Å². The molecular weight excluding hydrogens is 250 g/mol. The van der Waals surface area contributed by atoms with Crippen LogP contribution in [0.3, 0.4) is 0 Å². The molecule has 3 heteroatoms. The van der Waals surface area contributed by atoms with Crippen LogP contribution >= 0.6 is 0 Å². The number of aliphatic hydroxyl groups excluding tert-OH is 1. The first kappa shape index (κ1) is 15.0. The normalized spacial score (nSPS) is 18.2. The number of allylic oxidation sites excluding steroid dienone is 4. The van der Waals surface area contributed by atoms with E-state index in [4.69, 9.17) is 9.52 Å². The summed E-state index contributed by atoms with van der Waals surface area (Å²) in [5.74, 6) is 1.31. The molecule has 1 N–H and O–H groups in total. The standard InChI is InChI=1S/C11H13NO2.C6H12/c1-8-10(7-13)12-11(14-8)9-5-3-2-4-6-9;1-2-4-6-5-3-1/h3,5-6,13H,2,4,7H2,1H3;1-6H2. The van der Waals surface area contributed by atoms with E-state index in [-0.39, 0.29) is 6.61 Å². The molecule has 0 unspecified atom stereocenters. The molecule has 1 aromatic heterocycles. The summed E-state index contributed by atoms with van der Waals surface area (Å²) in [5, 5.41) is 8.97. The second-order valence-corrected chi connectivity index (χ2v) is 5.44. The number of hydrogen-bond acceptors (Lipinski definition) is 3. The van der Waals surface area contributed by atoms with E-state index in [2.05, 4.69) is 17.1 Å². The zero-order valence-corrected chi connectivity index (χ0v) is 12.4. The molecule has 0 atom stereocenters. The minimum absolute atomic E-state index is 0.0632. The van der Waals surface area contributed by atoms with Crippen molar-refractivity contribution >= 4 is 5.57 Å². The topological polar surface area (TPSA) is 46.3 Å². The molecule has 0 saturated heterocycles. The van der Waals surface area contributed by atoms with E-state index >= 15 is 0 Å². The summed E-state index contributed by atoms with van der Waals surface area (Å²) in [6, 6.07) is 0. The fraction of sp³-hybridized carbons (Fsp3) is 0.588. The van der Waals surface area contributed by atoms with E-state index in [1.54, 1.807) is 0 Å². The van der Waals surface area contributed by atoms with Gasteiger partial charge in [-0.15, -0.1) is 0 Å². The van der Waals surface area contributed by atoms with Gasteiger partial charge in [-0.05, 0) is 19.8 Å². The number of hydrogen-bond donors (Lipinski definition) is 1. The van der Waals surface area contributed by atoms with Crippen LogP contribution in [-0.2, 0) is 6.61 Å². The van der Waals surface area contributed by atoms with Crippen LogP contribution in [-0.4, -0.2) is 10.1 Å². The van der Waals surface area contributed by atoms with Crippen molar-refractivity contribution in [1.82, 2.24) is 4.98 Å². The Morgan fingerprint density at radius 2 is 1.75 bits per heavy atom. The Morgan fingerprint density at radius 1 is 1.10 bits per heavy atom. The second-order valence-electron chi connectivity index (χ2n) is 5.44. The van der Waals surface area contributed by atoms with Gasteiger partial charge in [0.1, 0.15) is 11.5 Å². The largest absolute Gasteiger partial charge is 0.441 e. The molecule has 0 spiro atoms. The van der Waals surface area contributed by atoms with Crippen molar-refractivity contribution in [3.63, 3.8) is 0 Å². The van der Waals surface area contributed by atoms with E-state index in [1.807, 2.05) is 13.0 Å². The number of aryl methyl sites for hydroxylation is 1. The summed E-state index contributed by atoms with van der Waals surface area (Å²) < 4.78 is 5.45. The lowest BCUT2D eigenvalue weighted by molar-refractivity contribution is 0.275. The van der Waals surface area contributed by atoms with Crippen LogP contribution in [0.4, 0.5) is 0 Å². The molecule has 3 rings (SSSR count). The Hall–Kier alpha value is -1.35. The quantitative estimate of drug-likeness (QED) is 0.861. The van der Waals surface area contributed by atoms with Gasteiger partial charge in [0.25, 0.3) is 0 Å². The van der Waals surface area contributed by atoms with E-state index < -0.39 is 0 Å². The zero-order valence-electron chi connectivity index (χ0n) is 12.4. The smallest absolute Gasteiger partial charge is 0.226 e. The number of nitrogens with zero attached hydrogens (tertiary/aromatic N) is 1. The highest BCUT2D eigenvalue weighted by atomic mass is 16.4. The monoisotopic (exact) mass is 275 g/mol. The average molecular weight is 275 g/mol. The van der Waals surface area contributed by atoms with E-state index in [0.29, 0.717) is 17.3 Å². The molecule has 2 aliphatic carbocycles. The van der Waals surface area contributed by atoms with Gasteiger partial charge < -0.3 is 9.52 Å². The number of aliphatic hydroxyl groups is 1. The molecule has 2 aliphatic rings. The van der Waals surface area contributed by atoms with Crippen molar-refractivity contribution in [3.05, 3.63) is 35.6 Å². The van der Waals surface area contributed by atoms with Gasteiger partial charge in [0.2, 0.25) is 5.89 Å². The highest BCUT2D eigenvalue weighted by Crippen LogP contribution is 2.22. The van der Waals surface area contributed by atoms with Crippen LogP contribution in [0.15, 0.2) is 22.6 Å². The molecule has 110 valence electrons. The SMILES string of the molecule is C1CCCCC1.Cc1oc(C2=CCCC=C2)nc1CO. The number of oxazole rings is 1. The van der Waals surface area contributed by atoms with Crippen LogP contribution in [0.1, 0.15) is 68.7 Å². The van der Waals surface area contributed by atoms with Crippen molar-refractivity contribution in [2.45, 2.75) is 64.9 Å². The molecule has 0 radical (unpaired) electrons. The Morgan fingerprint density at radius 3 is 2.20 bits per heavy atom. The zero-order chi connectivity index (χ0) is 14.2. The third-order valence-corrected chi connectivity index (χ3v) is 3.78. The summed E-state index contributed by atoms with van der Waals surface area (Å²) in [5.41, 5.74) is 1.64. The first-order chi connectivity index (χ1) is 9.81. The fourth-order valence-electron chi connectivity index (χ4n) is 2.53. The van der Waals surface area contributed by atoms with Gasteiger partial charge in [-0.3, -0.25) is 0 Å². The van der Waals surface area contributed by atoms with Gasteiger partial charge in [-0.1, -0.05) is 56.8 Å². The minimum Gasteiger partial charge on any atom is -0.441 e. The van der Waals surface area contributed by atoms with Gasteiger partial charge in [-0.25, -0.2) is 4.98 Å². The predicted molar refractivity (Wildman–Crippen MR) is 81.2 cm³/mol. The summed E-state index contributed by atoms with van der Waals surface area (Å²) in [4.78, 5) is 4.22. The lowest BCUT2D eigenvalue weighted by atomic mass is 10.0. The van der Waals surface area contributed by atoms with E-state index in [9.17, 15) is 0 Å². The van der Waals surface area contributed by atoms with Crippen LogP contribution in [0, 0.1) is 6.92 Å². The number of aromatic nitrogens is 1. The van der Waals surface area contributed by atoms with E-state index in [0.717, 1.165) is 18.4 Å². The molecule has 1 fully saturated rings. The van der Waals surface area contributed by atoms with Crippen LogP contribution in [0.5, 0.6) is 0 Å². The lowest BCUT2D eigenvalue weighted by Crippen LogP contribution is -1.88. The predicted octanol–water partition coefficient (Wildman–Crippen LogP) is 4.55. The fourth-order valence-corrected chi connectivity index (χ4v) is 2.53. The summed E-state index contributed by atoms with van der Waals surface area (Å²) in [6.07, 6.45) is 17.3. The van der Waals surface area contributed by atoms with Gasteiger partial charge in [0, 0.05) is 5.57 Å². The minimum atomic E-state index is -0.0632. The molecule has 0 aliphatic heterocycles. The molecule has 1 saturated carbocycles. The Labute approximate surface area is 121 Å². The summed E-state index contributed by atoms with van der Waals surface area (Å²) >= 11 is 0. The highest BCUT2D eigenvalue weighted by Gasteiger charge is 2.11. The molecule has 0 amide bonds. The second kappa shape index (κ2) is 8.05. The first-order valence-corrected chi connectivity index (χ1v) is 7.75. The maximum absolute atomic E-state index is 8.97. The molecule has 3 nitrogen and oxygen atoms in total. The average Bonchev–Trinajstić information content (AvgIpc) is 2.92. The van der Waals surface area contributed by atoms with Gasteiger partial charge in [-0.2, -0.15) is 0 Å². The van der Waals surface area contributed by atoms with Gasteiger partial charge in [0.15, 0.2) is 0 Å².